The second-order valence-electron chi connectivity index (χ2n) is 2.77. The molecule has 0 bridgehead atoms. The van der Waals surface area contributed by atoms with Crippen molar-refractivity contribution in [2.45, 2.75) is 11.6 Å². The van der Waals surface area contributed by atoms with Crippen LogP contribution in [0, 0.1) is 0 Å². The number of anilines is 1. The van der Waals surface area contributed by atoms with Gasteiger partial charge in [-0.05, 0) is 12.1 Å². The molecule has 0 fully saturated rings. The van der Waals surface area contributed by atoms with Gasteiger partial charge in [0.25, 0.3) is 0 Å². The van der Waals surface area contributed by atoms with Gasteiger partial charge >= 0.3 is 0 Å². The van der Waals surface area contributed by atoms with Crippen molar-refractivity contribution < 1.29 is 9.53 Å². The average molecular weight is 198 g/mol. The van der Waals surface area contributed by atoms with Crippen LogP contribution in [0.15, 0.2) is 24.3 Å². The van der Waals surface area contributed by atoms with Crippen molar-refractivity contribution in [3.05, 3.63) is 24.3 Å². The molecular weight excluding hydrogens is 190 g/mol. The summed E-state index contributed by atoms with van der Waals surface area (Å²) >= 11 is 5.79. The Morgan fingerprint density at radius 3 is 3.00 bits per heavy atom. The van der Waals surface area contributed by atoms with Crippen LogP contribution in [-0.2, 0) is 4.79 Å². The summed E-state index contributed by atoms with van der Waals surface area (Å²) in [5.74, 6) is 0.681. The van der Waals surface area contributed by atoms with Gasteiger partial charge in [-0.1, -0.05) is 23.7 Å². The summed E-state index contributed by atoms with van der Waals surface area (Å²) in [5.41, 5.74) is 0.170. The highest BCUT2D eigenvalue weighted by atomic mass is 35.5. The number of fused-ring (bicyclic) bond motifs is 1. The molecule has 1 heterocycles. The summed E-state index contributed by atoms with van der Waals surface area (Å²) in [6.45, 7) is 0. The molecule has 1 aliphatic rings. The van der Waals surface area contributed by atoms with Crippen LogP contribution in [0.5, 0.6) is 5.75 Å². The van der Waals surface area contributed by atoms with Crippen LogP contribution in [-0.4, -0.2) is 17.9 Å². The number of carbonyl (C=O) groups excluding carboxylic acids is 1. The first-order chi connectivity index (χ1) is 6.31. The maximum atomic E-state index is 10.6. The van der Waals surface area contributed by atoms with E-state index >= 15 is 0 Å². The number of nitrogens with one attached hydrogen (secondary N) is 1. The third kappa shape index (κ3) is 1.47. The zero-order chi connectivity index (χ0) is 9.26. The lowest BCUT2D eigenvalue weighted by Crippen LogP contribution is -2.38. The SMILES string of the molecule is O=CC1Nc2ccccc2OC1Cl. The smallest absolute Gasteiger partial charge is 0.199 e. The first kappa shape index (κ1) is 8.38. The monoisotopic (exact) mass is 197 g/mol. The molecule has 1 aliphatic heterocycles. The van der Waals surface area contributed by atoms with Gasteiger partial charge < -0.3 is 14.8 Å². The van der Waals surface area contributed by atoms with Gasteiger partial charge in [0.05, 0.1) is 5.69 Å². The minimum absolute atomic E-state index is 0.475. The topological polar surface area (TPSA) is 38.3 Å². The van der Waals surface area contributed by atoms with E-state index in [4.69, 9.17) is 16.3 Å². The van der Waals surface area contributed by atoms with Crippen LogP contribution in [0.2, 0.25) is 0 Å². The first-order valence-corrected chi connectivity index (χ1v) is 4.36. The molecule has 0 aromatic heterocycles. The van der Waals surface area contributed by atoms with Crippen LogP contribution in [0.4, 0.5) is 5.69 Å². The summed E-state index contributed by atoms with van der Waals surface area (Å²) in [6, 6.07) is 6.89. The molecule has 1 N–H and O–H groups in total. The molecule has 2 rings (SSSR count). The molecule has 0 aliphatic carbocycles. The van der Waals surface area contributed by atoms with Crippen molar-refractivity contribution in [3.8, 4) is 5.75 Å². The van der Waals surface area contributed by atoms with Crippen molar-refractivity contribution in [3.63, 3.8) is 0 Å². The summed E-state index contributed by atoms with van der Waals surface area (Å²) in [6.07, 6.45) is 0.744. The second-order valence-corrected chi connectivity index (χ2v) is 3.20. The molecule has 1 aromatic rings. The number of halogens is 1. The van der Waals surface area contributed by atoms with Crippen molar-refractivity contribution in [1.29, 1.82) is 0 Å². The Bertz CT molecular complexity index is 329. The standard InChI is InChI=1S/C9H8ClNO2/c10-9-7(5-12)11-6-3-1-2-4-8(6)13-9/h1-5,7,9,11H. The molecule has 2 atom stereocenters. The van der Waals surface area contributed by atoms with Crippen LogP contribution in [0.3, 0.4) is 0 Å². The number of ether oxygens (including phenoxy) is 1. The number of hydrogen-bond donors (Lipinski definition) is 1. The van der Waals surface area contributed by atoms with Crippen LogP contribution >= 0.6 is 11.6 Å². The Kier molecular flexibility index (Phi) is 2.10. The fourth-order valence-corrected chi connectivity index (χ4v) is 1.44. The maximum absolute atomic E-state index is 10.6. The molecule has 13 heavy (non-hydrogen) atoms. The highest BCUT2D eigenvalue weighted by Gasteiger charge is 2.26. The summed E-state index contributed by atoms with van der Waals surface area (Å²) in [5, 5.41) is 2.97. The largest absolute Gasteiger partial charge is 0.470 e. The van der Waals surface area contributed by atoms with E-state index in [2.05, 4.69) is 5.32 Å². The predicted octanol–water partition coefficient (Wildman–Crippen LogP) is 1.62. The molecule has 3 nitrogen and oxygen atoms in total. The van der Waals surface area contributed by atoms with E-state index in [9.17, 15) is 4.79 Å². The van der Waals surface area contributed by atoms with E-state index in [1.54, 1.807) is 6.07 Å². The molecule has 0 amide bonds. The van der Waals surface area contributed by atoms with Gasteiger partial charge in [0.1, 0.15) is 18.1 Å². The first-order valence-electron chi connectivity index (χ1n) is 3.93. The maximum Gasteiger partial charge on any atom is 0.199 e. The van der Waals surface area contributed by atoms with Gasteiger partial charge in [-0.15, -0.1) is 0 Å². The van der Waals surface area contributed by atoms with E-state index < -0.39 is 11.6 Å². The van der Waals surface area contributed by atoms with Crippen molar-refractivity contribution >= 4 is 23.6 Å². The van der Waals surface area contributed by atoms with Crippen molar-refractivity contribution in [1.82, 2.24) is 0 Å². The highest BCUT2D eigenvalue weighted by Crippen LogP contribution is 2.31. The fraction of sp³-hybridized carbons (Fsp3) is 0.222. The Hall–Kier alpha value is -1.22. The molecule has 0 radical (unpaired) electrons. The molecule has 0 saturated heterocycles. The number of carbonyl (C=O) groups is 1. The van der Waals surface area contributed by atoms with E-state index in [0.29, 0.717) is 5.75 Å². The lowest BCUT2D eigenvalue weighted by molar-refractivity contribution is -0.109. The number of hydrogen-bond acceptors (Lipinski definition) is 3. The summed E-state index contributed by atoms with van der Waals surface area (Å²) in [4.78, 5) is 10.6. The molecule has 0 spiro atoms. The van der Waals surface area contributed by atoms with E-state index in [1.807, 2.05) is 18.2 Å². The minimum atomic E-state index is -0.632. The molecule has 68 valence electrons. The Balaban J connectivity index is 2.32. The third-order valence-electron chi connectivity index (χ3n) is 1.88. The molecular formula is C9H8ClNO2. The van der Waals surface area contributed by atoms with Crippen LogP contribution in [0.1, 0.15) is 0 Å². The van der Waals surface area contributed by atoms with E-state index in [0.717, 1.165) is 12.0 Å². The Morgan fingerprint density at radius 1 is 1.46 bits per heavy atom. The van der Waals surface area contributed by atoms with Gasteiger partial charge in [-0.2, -0.15) is 0 Å². The third-order valence-corrected chi connectivity index (χ3v) is 2.24. The lowest BCUT2D eigenvalue weighted by Gasteiger charge is -2.27. The van der Waals surface area contributed by atoms with Gasteiger partial charge in [0.15, 0.2) is 5.56 Å². The second kappa shape index (κ2) is 3.26. The highest BCUT2D eigenvalue weighted by molar-refractivity contribution is 6.21. The lowest BCUT2D eigenvalue weighted by atomic mass is 10.2. The quantitative estimate of drug-likeness (QED) is 0.549. The zero-order valence-corrected chi connectivity index (χ0v) is 7.49. The van der Waals surface area contributed by atoms with Crippen molar-refractivity contribution in [2.24, 2.45) is 0 Å². The van der Waals surface area contributed by atoms with E-state index in [-0.39, 0.29) is 0 Å². The van der Waals surface area contributed by atoms with Gasteiger partial charge in [0.2, 0.25) is 0 Å². The Labute approximate surface area is 80.6 Å². The molecule has 0 saturated carbocycles. The number of rotatable bonds is 1. The number of benzene rings is 1. The zero-order valence-electron chi connectivity index (χ0n) is 6.74. The molecule has 4 heteroatoms. The number of para-hydroxylation sites is 2. The molecule has 2 unspecified atom stereocenters. The van der Waals surface area contributed by atoms with Crippen molar-refractivity contribution in [2.75, 3.05) is 5.32 Å². The van der Waals surface area contributed by atoms with Crippen LogP contribution in [0.25, 0.3) is 0 Å². The Morgan fingerprint density at radius 2 is 2.23 bits per heavy atom. The normalized spacial score (nSPS) is 25.3. The number of aldehydes is 1. The van der Waals surface area contributed by atoms with Gasteiger partial charge in [0, 0.05) is 0 Å². The average Bonchev–Trinajstić information content (AvgIpc) is 2.17. The predicted molar refractivity (Wildman–Crippen MR) is 50.2 cm³/mol. The summed E-state index contributed by atoms with van der Waals surface area (Å²) in [7, 11) is 0. The van der Waals surface area contributed by atoms with Crippen LogP contribution < -0.4 is 10.1 Å². The molecule has 1 aromatic carbocycles. The fourth-order valence-electron chi connectivity index (χ4n) is 1.22. The minimum Gasteiger partial charge on any atom is -0.470 e. The van der Waals surface area contributed by atoms with E-state index in [1.165, 1.54) is 0 Å². The summed E-state index contributed by atoms with van der Waals surface area (Å²) < 4.78 is 5.31. The number of alkyl halides is 1. The van der Waals surface area contributed by atoms with Gasteiger partial charge in [-0.25, -0.2) is 0 Å². The van der Waals surface area contributed by atoms with Gasteiger partial charge in [-0.3, -0.25) is 0 Å².